The van der Waals surface area contributed by atoms with Crippen molar-refractivity contribution < 1.29 is 4.79 Å². The van der Waals surface area contributed by atoms with Crippen LogP contribution in [0.5, 0.6) is 0 Å². The summed E-state index contributed by atoms with van der Waals surface area (Å²) in [6.07, 6.45) is 0. The zero-order valence-corrected chi connectivity index (χ0v) is 14.2. The van der Waals surface area contributed by atoms with Crippen molar-refractivity contribution in [3.63, 3.8) is 0 Å². The van der Waals surface area contributed by atoms with Gasteiger partial charge in [-0.1, -0.05) is 62.1 Å². The van der Waals surface area contributed by atoms with Crippen molar-refractivity contribution in [1.82, 2.24) is 10.2 Å². The van der Waals surface area contributed by atoms with Crippen LogP contribution in [0.4, 0.5) is 5.13 Å². The van der Waals surface area contributed by atoms with Crippen LogP contribution >= 0.6 is 23.1 Å². The molecule has 0 saturated carbocycles. The molecule has 0 fully saturated rings. The fourth-order valence-corrected chi connectivity index (χ4v) is 3.25. The number of anilines is 1. The Morgan fingerprint density at radius 2 is 2.09 bits per heavy atom. The number of carbonyl (C=O) groups is 1. The molecule has 1 heterocycles. The van der Waals surface area contributed by atoms with Gasteiger partial charge in [-0.2, -0.15) is 5.26 Å². The molecule has 1 N–H and O–H groups in total. The lowest BCUT2D eigenvalue weighted by atomic mass is 9.96. The molecule has 1 aromatic carbocycles. The molecule has 0 atom stereocenters. The average molecular weight is 332 g/mol. The number of benzene rings is 1. The van der Waals surface area contributed by atoms with Gasteiger partial charge in [0, 0.05) is 11.2 Å². The van der Waals surface area contributed by atoms with E-state index >= 15 is 0 Å². The lowest BCUT2D eigenvalue weighted by Crippen LogP contribution is -2.27. The first kappa shape index (κ1) is 16.5. The van der Waals surface area contributed by atoms with Crippen molar-refractivity contribution >= 4 is 34.1 Å². The van der Waals surface area contributed by atoms with Gasteiger partial charge in [0.1, 0.15) is 0 Å². The summed E-state index contributed by atoms with van der Waals surface area (Å²) in [4.78, 5) is 11.9. The number of amides is 1. The standard InChI is InChI=1S/C15H16N4OS2/c1-15(2,3)12(20)17-13-18-19-14(22-13)21-9-11-7-5-4-6-10(11)8-16/h4-7H,9H2,1-3H3,(H,17,18,20). The van der Waals surface area contributed by atoms with E-state index in [1.807, 2.05) is 39.0 Å². The number of carbonyl (C=O) groups excluding carboxylic acids is 1. The van der Waals surface area contributed by atoms with Gasteiger partial charge in [-0.05, 0) is 11.6 Å². The highest BCUT2D eigenvalue weighted by Gasteiger charge is 2.22. The Morgan fingerprint density at radius 3 is 2.77 bits per heavy atom. The molecule has 0 bridgehead atoms. The molecule has 22 heavy (non-hydrogen) atoms. The quantitative estimate of drug-likeness (QED) is 0.682. The fraction of sp³-hybridized carbons (Fsp3) is 0.333. The van der Waals surface area contributed by atoms with Crippen LogP contribution in [0.25, 0.3) is 0 Å². The van der Waals surface area contributed by atoms with Crippen molar-refractivity contribution in [2.75, 3.05) is 5.32 Å². The van der Waals surface area contributed by atoms with E-state index in [1.165, 1.54) is 23.1 Å². The van der Waals surface area contributed by atoms with Crippen LogP contribution in [0.2, 0.25) is 0 Å². The van der Waals surface area contributed by atoms with Crippen molar-refractivity contribution in [1.29, 1.82) is 5.26 Å². The van der Waals surface area contributed by atoms with Crippen LogP contribution in [-0.4, -0.2) is 16.1 Å². The van der Waals surface area contributed by atoms with Crippen LogP contribution < -0.4 is 5.32 Å². The summed E-state index contributed by atoms with van der Waals surface area (Å²) in [6, 6.07) is 9.65. The lowest BCUT2D eigenvalue weighted by molar-refractivity contribution is -0.123. The highest BCUT2D eigenvalue weighted by molar-refractivity contribution is 8.00. The van der Waals surface area contributed by atoms with Gasteiger partial charge < -0.3 is 5.32 Å². The number of nitrogens with one attached hydrogen (secondary N) is 1. The summed E-state index contributed by atoms with van der Waals surface area (Å²) < 4.78 is 0.761. The Morgan fingerprint density at radius 1 is 1.36 bits per heavy atom. The number of nitriles is 1. The molecule has 1 aromatic heterocycles. The summed E-state index contributed by atoms with van der Waals surface area (Å²) in [5.74, 6) is 0.556. The molecule has 0 saturated heterocycles. The monoisotopic (exact) mass is 332 g/mol. The van der Waals surface area contributed by atoms with Gasteiger partial charge in [0.25, 0.3) is 0 Å². The second-order valence-corrected chi connectivity index (χ2v) is 7.83. The number of hydrogen-bond acceptors (Lipinski definition) is 6. The van der Waals surface area contributed by atoms with Crippen LogP contribution in [0.1, 0.15) is 31.9 Å². The molecular formula is C15H16N4OS2. The smallest absolute Gasteiger partial charge is 0.231 e. The molecule has 0 radical (unpaired) electrons. The van der Waals surface area contributed by atoms with E-state index in [0.717, 1.165) is 9.90 Å². The number of nitrogens with zero attached hydrogens (tertiary/aromatic N) is 3. The molecule has 0 spiro atoms. The van der Waals surface area contributed by atoms with Gasteiger partial charge >= 0.3 is 0 Å². The number of aromatic nitrogens is 2. The summed E-state index contributed by atoms with van der Waals surface area (Å²) >= 11 is 2.84. The molecule has 1 amide bonds. The second-order valence-electron chi connectivity index (χ2n) is 5.63. The molecule has 0 aliphatic rings. The maximum atomic E-state index is 11.9. The van der Waals surface area contributed by atoms with E-state index in [0.29, 0.717) is 16.4 Å². The van der Waals surface area contributed by atoms with E-state index in [9.17, 15) is 4.79 Å². The third-order valence-electron chi connectivity index (χ3n) is 2.80. The third-order valence-corrected chi connectivity index (χ3v) is 4.82. The Kier molecular flexibility index (Phi) is 5.16. The number of hydrogen-bond donors (Lipinski definition) is 1. The highest BCUT2D eigenvalue weighted by atomic mass is 32.2. The van der Waals surface area contributed by atoms with E-state index in [1.54, 1.807) is 6.07 Å². The fourth-order valence-electron chi connectivity index (χ4n) is 1.50. The van der Waals surface area contributed by atoms with E-state index in [2.05, 4.69) is 21.6 Å². The predicted octanol–water partition coefficient (Wildman–Crippen LogP) is 3.69. The van der Waals surface area contributed by atoms with Gasteiger partial charge in [-0.25, -0.2) is 0 Å². The minimum absolute atomic E-state index is 0.0879. The van der Waals surface area contributed by atoms with E-state index in [-0.39, 0.29) is 5.91 Å². The average Bonchev–Trinajstić information content (AvgIpc) is 2.92. The number of rotatable bonds is 4. The first-order valence-corrected chi connectivity index (χ1v) is 8.46. The van der Waals surface area contributed by atoms with Gasteiger partial charge in [0.05, 0.1) is 11.6 Å². The topological polar surface area (TPSA) is 78.7 Å². The van der Waals surface area contributed by atoms with Crippen LogP contribution in [0.3, 0.4) is 0 Å². The maximum absolute atomic E-state index is 11.9. The molecule has 114 valence electrons. The largest absolute Gasteiger partial charge is 0.300 e. The van der Waals surface area contributed by atoms with Crippen molar-refractivity contribution in [3.8, 4) is 6.07 Å². The Balaban J connectivity index is 1.98. The first-order chi connectivity index (χ1) is 10.4. The Hall–Kier alpha value is -1.91. The van der Waals surface area contributed by atoms with Crippen molar-refractivity contribution in [3.05, 3.63) is 35.4 Å². The van der Waals surface area contributed by atoms with Gasteiger partial charge in [0.2, 0.25) is 11.0 Å². The molecule has 0 aliphatic carbocycles. The van der Waals surface area contributed by atoms with Gasteiger partial charge in [-0.15, -0.1) is 10.2 Å². The summed E-state index contributed by atoms with van der Waals surface area (Å²) in [7, 11) is 0. The molecule has 7 heteroatoms. The molecule has 2 aromatic rings. The van der Waals surface area contributed by atoms with Crippen molar-refractivity contribution in [2.24, 2.45) is 5.41 Å². The summed E-state index contributed by atoms with van der Waals surface area (Å²) in [5.41, 5.74) is 1.16. The third kappa shape index (κ3) is 4.29. The van der Waals surface area contributed by atoms with E-state index in [4.69, 9.17) is 5.26 Å². The van der Waals surface area contributed by atoms with Crippen molar-refractivity contribution in [2.45, 2.75) is 30.9 Å². The zero-order valence-electron chi connectivity index (χ0n) is 12.6. The molecule has 0 aliphatic heterocycles. The number of thioether (sulfide) groups is 1. The Labute approximate surface area is 137 Å². The minimum Gasteiger partial charge on any atom is -0.300 e. The van der Waals surface area contributed by atoms with Crippen LogP contribution in [-0.2, 0) is 10.5 Å². The van der Waals surface area contributed by atoms with Crippen LogP contribution in [0, 0.1) is 16.7 Å². The highest BCUT2D eigenvalue weighted by Crippen LogP contribution is 2.29. The van der Waals surface area contributed by atoms with Crippen LogP contribution in [0.15, 0.2) is 28.6 Å². The normalized spacial score (nSPS) is 11.0. The summed E-state index contributed by atoms with van der Waals surface area (Å²) in [5, 5.41) is 20.4. The molecule has 0 unspecified atom stereocenters. The minimum atomic E-state index is -0.468. The summed E-state index contributed by atoms with van der Waals surface area (Å²) in [6.45, 7) is 5.54. The molecule has 5 nitrogen and oxygen atoms in total. The predicted molar refractivity (Wildman–Crippen MR) is 88.7 cm³/mol. The SMILES string of the molecule is CC(C)(C)C(=O)Nc1nnc(SCc2ccccc2C#N)s1. The Bertz CT molecular complexity index is 713. The first-order valence-electron chi connectivity index (χ1n) is 6.66. The van der Waals surface area contributed by atoms with Gasteiger partial charge in [0.15, 0.2) is 4.34 Å². The second kappa shape index (κ2) is 6.90. The molecular weight excluding hydrogens is 316 g/mol. The lowest BCUT2D eigenvalue weighted by Gasteiger charge is -2.15. The molecule has 2 rings (SSSR count). The van der Waals surface area contributed by atoms with Gasteiger partial charge in [-0.3, -0.25) is 4.79 Å². The van der Waals surface area contributed by atoms with E-state index < -0.39 is 5.41 Å². The zero-order chi connectivity index (χ0) is 16.2. The maximum Gasteiger partial charge on any atom is 0.231 e.